The van der Waals surface area contributed by atoms with Crippen LogP contribution in [-0.4, -0.2) is 18.3 Å². The minimum atomic E-state index is -0.106. The van der Waals surface area contributed by atoms with Crippen molar-refractivity contribution in [1.82, 2.24) is 0 Å². The number of ether oxygens (including phenoxy) is 1. The number of hydrogen-bond donors (Lipinski definition) is 1. The molecule has 1 aliphatic rings. The van der Waals surface area contributed by atoms with Crippen molar-refractivity contribution in [2.75, 3.05) is 17.7 Å². The largest absolute Gasteiger partial charge is 0.499 e. The molecule has 0 spiro atoms. The summed E-state index contributed by atoms with van der Waals surface area (Å²) in [6.45, 7) is 0.673. The van der Waals surface area contributed by atoms with E-state index < -0.39 is 0 Å². The van der Waals surface area contributed by atoms with Crippen LogP contribution in [0.4, 0.5) is 5.69 Å². The molecule has 0 saturated heterocycles. The zero-order valence-electron chi connectivity index (χ0n) is 8.10. The van der Waals surface area contributed by atoms with E-state index in [0.29, 0.717) is 11.5 Å². The number of carbonyl (C=O) groups is 1. The lowest BCUT2D eigenvalue weighted by Gasteiger charge is -2.12. The van der Waals surface area contributed by atoms with E-state index in [9.17, 15) is 4.79 Å². The van der Waals surface area contributed by atoms with Gasteiger partial charge in [0.05, 0.1) is 6.61 Å². The second-order valence-corrected chi connectivity index (χ2v) is 4.16. The maximum atomic E-state index is 11.7. The number of carbonyl (C=O) groups excluding carboxylic acids is 1. The smallest absolute Gasteiger partial charge is 0.265 e. The Hall–Kier alpha value is -1.42. The highest BCUT2D eigenvalue weighted by Crippen LogP contribution is 2.21. The molecule has 1 amide bonds. The lowest BCUT2D eigenvalue weighted by molar-refractivity contribution is -0.112. The Bertz CT molecular complexity index is 375. The number of benzene rings is 1. The highest BCUT2D eigenvalue weighted by molar-refractivity contribution is 8.04. The predicted molar refractivity (Wildman–Crippen MR) is 61.6 cm³/mol. The maximum absolute atomic E-state index is 11.7. The van der Waals surface area contributed by atoms with Gasteiger partial charge in [0.1, 0.15) is 11.2 Å². The van der Waals surface area contributed by atoms with E-state index in [2.05, 4.69) is 5.32 Å². The van der Waals surface area contributed by atoms with Gasteiger partial charge < -0.3 is 10.1 Å². The summed E-state index contributed by atoms with van der Waals surface area (Å²) in [4.78, 5) is 12.3. The molecule has 0 radical (unpaired) electrons. The fourth-order valence-electron chi connectivity index (χ4n) is 1.20. The number of para-hydroxylation sites is 1. The minimum Gasteiger partial charge on any atom is -0.499 e. The summed E-state index contributed by atoms with van der Waals surface area (Å²) in [5.41, 5.74) is 0.801. The molecule has 3 nitrogen and oxygen atoms in total. The monoisotopic (exact) mass is 221 g/mol. The molecule has 2 rings (SSSR count). The van der Waals surface area contributed by atoms with Gasteiger partial charge in [0.15, 0.2) is 0 Å². The molecule has 0 fully saturated rings. The summed E-state index contributed by atoms with van der Waals surface area (Å²) in [6.07, 6.45) is 1.52. The average Bonchev–Trinajstić information content (AvgIpc) is 2.31. The molecule has 15 heavy (non-hydrogen) atoms. The molecule has 0 bridgehead atoms. The van der Waals surface area contributed by atoms with Gasteiger partial charge in [-0.25, -0.2) is 0 Å². The van der Waals surface area contributed by atoms with E-state index >= 15 is 0 Å². The van der Waals surface area contributed by atoms with Crippen LogP contribution in [0.25, 0.3) is 0 Å². The summed E-state index contributed by atoms with van der Waals surface area (Å²) in [7, 11) is 0. The van der Waals surface area contributed by atoms with E-state index in [1.54, 1.807) is 0 Å². The van der Waals surface area contributed by atoms with Crippen molar-refractivity contribution in [2.45, 2.75) is 0 Å². The van der Waals surface area contributed by atoms with Gasteiger partial charge in [-0.15, -0.1) is 11.8 Å². The van der Waals surface area contributed by atoms with Gasteiger partial charge in [-0.3, -0.25) is 4.79 Å². The third-order valence-electron chi connectivity index (χ3n) is 1.90. The second-order valence-electron chi connectivity index (χ2n) is 3.02. The number of rotatable bonds is 2. The van der Waals surface area contributed by atoms with Crippen LogP contribution in [0.15, 0.2) is 41.5 Å². The van der Waals surface area contributed by atoms with Crippen molar-refractivity contribution in [3.8, 4) is 0 Å². The van der Waals surface area contributed by atoms with Gasteiger partial charge in [-0.05, 0) is 12.1 Å². The highest BCUT2D eigenvalue weighted by Gasteiger charge is 2.13. The predicted octanol–water partition coefficient (Wildman–Crippen LogP) is 2.23. The van der Waals surface area contributed by atoms with Crippen LogP contribution in [0.3, 0.4) is 0 Å². The van der Waals surface area contributed by atoms with E-state index in [1.165, 1.54) is 18.0 Å². The average molecular weight is 221 g/mol. The first kappa shape index (κ1) is 10.1. The first-order valence-electron chi connectivity index (χ1n) is 4.67. The van der Waals surface area contributed by atoms with Crippen molar-refractivity contribution in [1.29, 1.82) is 0 Å². The topological polar surface area (TPSA) is 38.3 Å². The molecule has 0 unspecified atom stereocenters. The van der Waals surface area contributed by atoms with Crippen LogP contribution in [-0.2, 0) is 9.53 Å². The Labute approximate surface area is 92.5 Å². The highest BCUT2D eigenvalue weighted by atomic mass is 32.2. The molecular formula is C11H11NO2S. The van der Waals surface area contributed by atoms with Crippen LogP contribution in [0, 0.1) is 0 Å². The molecule has 1 aromatic carbocycles. The van der Waals surface area contributed by atoms with Crippen LogP contribution in [0.2, 0.25) is 0 Å². The van der Waals surface area contributed by atoms with Gasteiger partial charge in [-0.1, -0.05) is 18.2 Å². The Kier molecular flexibility index (Phi) is 3.29. The van der Waals surface area contributed by atoms with Crippen molar-refractivity contribution in [3.05, 3.63) is 41.5 Å². The van der Waals surface area contributed by atoms with E-state index in [-0.39, 0.29) is 5.91 Å². The zero-order valence-corrected chi connectivity index (χ0v) is 8.92. The third-order valence-corrected chi connectivity index (χ3v) is 2.87. The van der Waals surface area contributed by atoms with E-state index in [0.717, 1.165) is 11.4 Å². The van der Waals surface area contributed by atoms with Gasteiger partial charge in [0, 0.05) is 11.4 Å². The fourth-order valence-corrected chi connectivity index (χ4v) is 1.92. The lowest BCUT2D eigenvalue weighted by atomic mass is 10.3. The van der Waals surface area contributed by atoms with E-state index in [1.807, 2.05) is 30.3 Å². The fraction of sp³-hybridized carbons (Fsp3) is 0.182. The Balaban J connectivity index is 2.00. The zero-order chi connectivity index (χ0) is 10.5. The normalized spacial score (nSPS) is 15.1. The summed E-state index contributed by atoms with van der Waals surface area (Å²) in [5, 5.41) is 2.80. The first-order valence-corrected chi connectivity index (χ1v) is 5.66. The van der Waals surface area contributed by atoms with Crippen LogP contribution in [0.1, 0.15) is 0 Å². The lowest BCUT2D eigenvalue weighted by Crippen LogP contribution is -2.15. The second kappa shape index (κ2) is 4.89. The molecule has 78 valence electrons. The quantitative estimate of drug-likeness (QED) is 0.832. The SMILES string of the molecule is O=C(Nc1ccccc1)C1=COCCS1. The van der Waals surface area contributed by atoms with Crippen molar-refractivity contribution in [3.63, 3.8) is 0 Å². The standard InChI is InChI=1S/C11H11NO2S/c13-11(10-8-14-6-7-15-10)12-9-4-2-1-3-5-9/h1-5,8H,6-7H2,(H,12,13). The number of amides is 1. The number of anilines is 1. The molecule has 0 atom stereocenters. The third kappa shape index (κ3) is 2.76. The molecule has 1 heterocycles. The Morgan fingerprint density at radius 1 is 1.33 bits per heavy atom. The Morgan fingerprint density at radius 2 is 2.13 bits per heavy atom. The van der Waals surface area contributed by atoms with Crippen LogP contribution >= 0.6 is 11.8 Å². The molecule has 0 aromatic heterocycles. The number of hydrogen-bond acceptors (Lipinski definition) is 3. The van der Waals surface area contributed by atoms with Gasteiger partial charge in [-0.2, -0.15) is 0 Å². The van der Waals surface area contributed by atoms with Gasteiger partial charge >= 0.3 is 0 Å². The molecule has 1 N–H and O–H groups in total. The van der Waals surface area contributed by atoms with Crippen molar-refractivity contribution in [2.24, 2.45) is 0 Å². The van der Waals surface area contributed by atoms with Crippen molar-refractivity contribution < 1.29 is 9.53 Å². The Morgan fingerprint density at radius 3 is 2.80 bits per heavy atom. The molecule has 0 saturated carbocycles. The van der Waals surface area contributed by atoms with Crippen LogP contribution < -0.4 is 5.32 Å². The first-order chi connectivity index (χ1) is 7.36. The molecular weight excluding hydrogens is 210 g/mol. The molecule has 4 heteroatoms. The number of thioether (sulfide) groups is 1. The summed E-state index contributed by atoms with van der Waals surface area (Å²) in [6, 6.07) is 9.38. The van der Waals surface area contributed by atoms with Crippen molar-refractivity contribution >= 4 is 23.4 Å². The van der Waals surface area contributed by atoms with Gasteiger partial charge in [0.25, 0.3) is 5.91 Å². The van der Waals surface area contributed by atoms with E-state index in [4.69, 9.17) is 4.74 Å². The minimum absolute atomic E-state index is 0.106. The summed E-state index contributed by atoms with van der Waals surface area (Å²) in [5.74, 6) is 0.722. The molecule has 0 aliphatic carbocycles. The number of nitrogens with one attached hydrogen (secondary N) is 1. The maximum Gasteiger partial charge on any atom is 0.265 e. The van der Waals surface area contributed by atoms with Crippen LogP contribution in [0.5, 0.6) is 0 Å². The summed E-state index contributed by atoms with van der Waals surface area (Å²) >= 11 is 1.51. The molecule has 1 aliphatic heterocycles. The summed E-state index contributed by atoms with van der Waals surface area (Å²) < 4.78 is 5.10. The molecule has 1 aromatic rings. The van der Waals surface area contributed by atoms with Gasteiger partial charge in [0.2, 0.25) is 0 Å².